The molecule has 3 aromatic rings. The summed E-state index contributed by atoms with van der Waals surface area (Å²) >= 11 is 9.14. The molecule has 0 bridgehead atoms. The van der Waals surface area contributed by atoms with Gasteiger partial charge < -0.3 is 5.32 Å². The van der Waals surface area contributed by atoms with Gasteiger partial charge in [-0.05, 0) is 64.3 Å². The van der Waals surface area contributed by atoms with Crippen molar-refractivity contribution in [3.8, 4) is 0 Å². The molecule has 0 aliphatic heterocycles. The summed E-state index contributed by atoms with van der Waals surface area (Å²) in [5.41, 5.74) is 2.27. The number of nitrogens with one attached hydrogen (secondary N) is 1. The average molecular weight is 367 g/mol. The molecule has 2 aromatic carbocycles. The van der Waals surface area contributed by atoms with Crippen LogP contribution in [0.4, 0.5) is 15.9 Å². The number of benzene rings is 2. The molecular weight excluding hydrogens is 357 g/mol. The molecule has 0 aliphatic carbocycles. The molecular formula is C15H10BrClFN3. The second kappa shape index (κ2) is 5.58. The van der Waals surface area contributed by atoms with E-state index < -0.39 is 0 Å². The zero-order valence-electron chi connectivity index (χ0n) is 11.0. The molecule has 106 valence electrons. The largest absolute Gasteiger partial charge is 0.339 e. The molecule has 6 heteroatoms. The molecule has 3 rings (SSSR count). The van der Waals surface area contributed by atoms with Crippen LogP contribution in [0.1, 0.15) is 5.56 Å². The van der Waals surface area contributed by atoms with Crippen molar-refractivity contribution < 1.29 is 4.39 Å². The molecule has 21 heavy (non-hydrogen) atoms. The SMILES string of the molecule is Cc1cc(F)c(Br)cc1Nc1nc(Cl)nc2ccccc12. The fourth-order valence-electron chi connectivity index (χ4n) is 2.05. The van der Waals surface area contributed by atoms with Crippen LogP contribution in [0.2, 0.25) is 5.28 Å². The van der Waals surface area contributed by atoms with Crippen molar-refractivity contribution in [2.24, 2.45) is 0 Å². The number of aromatic nitrogens is 2. The summed E-state index contributed by atoms with van der Waals surface area (Å²) in [6, 6.07) is 10.7. The second-order valence-electron chi connectivity index (χ2n) is 4.56. The molecule has 0 fully saturated rings. The highest BCUT2D eigenvalue weighted by Gasteiger charge is 2.10. The van der Waals surface area contributed by atoms with Crippen LogP contribution in [0.5, 0.6) is 0 Å². The van der Waals surface area contributed by atoms with Crippen LogP contribution in [-0.2, 0) is 0 Å². The first-order valence-corrected chi connectivity index (χ1v) is 7.36. The quantitative estimate of drug-likeness (QED) is 0.631. The smallest absolute Gasteiger partial charge is 0.224 e. The van der Waals surface area contributed by atoms with E-state index in [9.17, 15) is 4.39 Å². The van der Waals surface area contributed by atoms with Crippen LogP contribution < -0.4 is 5.32 Å². The third-order valence-corrected chi connectivity index (χ3v) is 3.87. The van der Waals surface area contributed by atoms with Gasteiger partial charge in [-0.1, -0.05) is 12.1 Å². The Morgan fingerprint density at radius 1 is 1.19 bits per heavy atom. The van der Waals surface area contributed by atoms with Gasteiger partial charge in [0.2, 0.25) is 5.28 Å². The van der Waals surface area contributed by atoms with Crippen molar-refractivity contribution in [2.45, 2.75) is 6.92 Å². The van der Waals surface area contributed by atoms with Crippen molar-refractivity contribution in [3.63, 3.8) is 0 Å². The lowest BCUT2D eigenvalue weighted by Gasteiger charge is -2.12. The zero-order chi connectivity index (χ0) is 15.0. The van der Waals surface area contributed by atoms with E-state index in [4.69, 9.17) is 11.6 Å². The number of halogens is 3. The number of nitrogens with zero attached hydrogens (tertiary/aromatic N) is 2. The molecule has 1 heterocycles. The monoisotopic (exact) mass is 365 g/mol. The molecule has 0 spiro atoms. The number of rotatable bonds is 2. The maximum Gasteiger partial charge on any atom is 0.224 e. The number of hydrogen-bond donors (Lipinski definition) is 1. The zero-order valence-corrected chi connectivity index (χ0v) is 13.3. The van der Waals surface area contributed by atoms with Gasteiger partial charge in [0.1, 0.15) is 11.6 Å². The number of hydrogen-bond acceptors (Lipinski definition) is 3. The number of fused-ring (bicyclic) bond motifs is 1. The normalized spacial score (nSPS) is 10.9. The predicted molar refractivity (Wildman–Crippen MR) is 86.7 cm³/mol. The lowest BCUT2D eigenvalue weighted by molar-refractivity contribution is 0.620. The van der Waals surface area contributed by atoms with Crippen molar-refractivity contribution >= 4 is 49.9 Å². The molecule has 0 atom stereocenters. The maximum absolute atomic E-state index is 13.5. The van der Waals surface area contributed by atoms with E-state index in [0.717, 1.165) is 22.2 Å². The van der Waals surface area contributed by atoms with E-state index >= 15 is 0 Å². The van der Waals surface area contributed by atoms with E-state index in [1.165, 1.54) is 6.07 Å². The van der Waals surface area contributed by atoms with Gasteiger partial charge in [0.15, 0.2) is 0 Å². The van der Waals surface area contributed by atoms with Crippen LogP contribution in [0.15, 0.2) is 40.9 Å². The molecule has 0 saturated carbocycles. The van der Waals surface area contributed by atoms with Crippen molar-refractivity contribution in [1.82, 2.24) is 9.97 Å². The molecule has 0 saturated heterocycles. The summed E-state index contributed by atoms with van der Waals surface area (Å²) in [7, 11) is 0. The lowest BCUT2D eigenvalue weighted by Crippen LogP contribution is -1.99. The first-order chi connectivity index (χ1) is 10.0. The summed E-state index contributed by atoms with van der Waals surface area (Å²) in [4.78, 5) is 8.40. The summed E-state index contributed by atoms with van der Waals surface area (Å²) in [6.07, 6.45) is 0. The molecule has 0 unspecified atom stereocenters. The fraction of sp³-hybridized carbons (Fsp3) is 0.0667. The van der Waals surface area contributed by atoms with Crippen molar-refractivity contribution in [1.29, 1.82) is 0 Å². The lowest BCUT2D eigenvalue weighted by atomic mass is 10.2. The Morgan fingerprint density at radius 2 is 1.95 bits per heavy atom. The summed E-state index contributed by atoms with van der Waals surface area (Å²) < 4.78 is 13.9. The predicted octanol–water partition coefficient (Wildman–Crippen LogP) is 5.24. The van der Waals surface area contributed by atoms with Gasteiger partial charge in [-0.15, -0.1) is 0 Å². The standard InChI is InChI=1S/C15H10BrClFN3/c1-8-6-11(18)10(16)7-13(8)19-14-9-4-2-3-5-12(9)20-15(17)21-14/h2-7H,1H3,(H,19,20,21). The third-order valence-electron chi connectivity index (χ3n) is 3.10. The number of para-hydroxylation sites is 1. The Bertz CT molecular complexity index is 839. The number of aryl methyl sites for hydroxylation is 1. The Labute approximate surface area is 134 Å². The van der Waals surface area contributed by atoms with Crippen LogP contribution >= 0.6 is 27.5 Å². The minimum Gasteiger partial charge on any atom is -0.339 e. The van der Waals surface area contributed by atoms with E-state index in [-0.39, 0.29) is 11.1 Å². The highest BCUT2D eigenvalue weighted by atomic mass is 79.9. The Hall–Kier alpha value is -1.72. The Balaban J connectivity index is 2.12. The van der Waals surface area contributed by atoms with Gasteiger partial charge >= 0.3 is 0 Å². The summed E-state index contributed by atoms with van der Waals surface area (Å²) in [6.45, 7) is 1.82. The Morgan fingerprint density at radius 3 is 2.76 bits per heavy atom. The van der Waals surface area contributed by atoms with Crippen LogP contribution in [-0.4, -0.2) is 9.97 Å². The molecule has 0 amide bonds. The molecule has 0 aliphatic rings. The van der Waals surface area contributed by atoms with Crippen molar-refractivity contribution in [3.05, 3.63) is 57.5 Å². The number of anilines is 2. The van der Waals surface area contributed by atoms with Gasteiger partial charge in [-0.3, -0.25) is 0 Å². The second-order valence-corrected chi connectivity index (χ2v) is 5.76. The minimum atomic E-state index is -0.302. The van der Waals surface area contributed by atoms with Gasteiger partial charge in [0.05, 0.1) is 9.99 Å². The maximum atomic E-state index is 13.5. The summed E-state index contributed by atoms with van der Waals surface area (Å²) in [5, 5.41) is 4.20. The van der Waals surface area contributed by atoms with Crippen LogP contribution in [0.3, 0.4) is 0 Å². The topological polar surface area (TPSA) is 37.8 Å². The van der Waals surface area contributed by atoms with Gasteiger partial charge in [-0.25, -0.2) is 9.37 Å². The van der Waals surface area contributed by atoms with Gasteiger partial charge in [0, 0.05) is 11.1 Å². The third kappa shape index (κ3) is 2.84. The fourth-order valence-corrected chi connectivity index (χ4v) is 2.57. The van der Waals surface area contributed by atoms with E-state index in [2.05, 4.69) is 31.2 Å². The average Bonchev–Trinajstić information content (AvgIpc) is 2.44. The van der Waals surface area contributed by atoms with E-state index in [1.54, 1.807) is 6.07 Å². The molecule has 0 radical (unpaired) electrons. The first kappa shape index (κ1) is 14.2. The minimum absolute atomic E-state index is 0.162. The van der Waals surface area contributed by atoms with Crippen molar-refractivity contribution in [2.75, 3.05) is 5.32 Å². The molecule has 3 nitrogen and oxygen atoms in total. The highest BCUT2D eigenvalue weighted by molar-refractivity contribution is 9.10. The van der Waals surface area contributed by atoms with E-state index in [1.807, 2.05) is 31.2 Å². The highest BCUT2D eigenvalue weighted by Crippen LogP contribution is 2.29. The van der Waals surface area contributed by atoms with Crippen LogP contribution in [0.25, 0.3) is 10.9 Å². The van der Waals surface area contributed by atoms with Gasteiger partial charge in [-0.2, -0.15) is 4.98 Å². The summed E-state index contributed by atoms with van der Waals surface area (Å²) in [5.74, 6) is 0.288. The molecule has 1 N–H and O–H groups in total. The van der Waals surface area contributed by atoms with Gasteiger partial charge in [0.25, 0.3) is 0 Å². The van der Waals surface area contributed by atoms with Crippen LogP contribution in [0, 0.1) is 12.7 Å². The van der Waals surface area contributed by atoms with E-state index in [0.29, 0.717) is 10.3 Å². The molecule has 1 aromatic heterocycles. The first-order valence-electron chi connectivity index (χ1n) is 6.19. The Kier molecular flexibility index (Phi) is 3.78.